The molecule has 92 valence electrons. The van der Waals surface area contributed by atoms with E-state index in [9.17, 15) is 0 Å². The van der Waals surface area contributed by atoms with Crippen LogP contribution in [0.25, 0.3) is 0 Å². The third kappa shape index (κ3) is 1.76. The van der Waals surface area contributed by atoms with Crippen LogP contribution in [0.4, 0.5) is 0 Å². The molecular weight excluding hydrogens is 230 g/mol. The van der Waals surface area contributed by atoms with Crippen LogP contribution < -0.4 is 10.5 Å². The molecule has 1 aromatic carbocycles. The third-order valence-corrected chi connectivity index (χ3v) is 5.48. The molecule has 0 saturated carbocycles. The molecule has 0 bridgehead atoms. The van der Waals surface area contributed by atoms with Crippen LogP contribution in [0, 0.1) is 12.8 Å². The van der Waals surface area contributed by atoms with E-state index in [1.807, 2.05) is 11.8 Å². The second-order valence-corrected chi connectivity index (χ2v) is 6.47. The molecule has 1 saturated heterocycles. The summed E-state index contributed by atoms with van der Waals surface area (Å²) < 4.78 is 6.32. The number of aryl methyl sites for hydroxylation is 1. The van der Waals surface area contributed by atoms with Gasteiger partial charge in [-0.25, -0.2) is 0 Å². The largest absolute Gasteiger partial charge is 0.486 e. The van der Waals surface area contributed by atoms with Crippen LogP contribution in [0.5, 0.6) is 5.75 Å². The highest BCUT2D eigenvalue weighted by molar-refractivity contribution is 7.99. The maximum absolute atomic E-state index is 6.34. The third-order valence-electron chi connectivity index (χ3n) is 4.06. The second kappa shape index (κ2) is 3.92. The average molecular weight is 249 g/mol. The molecule has 1 aromatic rings. The minimum absolute atomic E-state index is 0.0215. The van der Waals surface area contributed by atoms with E-state index in [1.165, 1.54) is 16.9 Å². The summed E-state index contributed by atoms with van der Waals surface area (Å²) >= 11 is 1.99. The molecule has 2 aliphatic heterocycles. The van der Waals surface area contributed by atoms with Gasteiger partial charge in [0.15, 0.2) is 0 Å². The van der Waals surface area contributed by atoms with Gasteiger partial charge in [0.25, 0.3) is 0 Å². The number of fused-ring (bicyclic) bond motifs is 1. The summed E-state index contributed by atoms with van der Waals surface area (Å²) in [6.45, 7) is 4.39. The fraction of sp³-hybridized carbons (Fsp3) is 0.571. The van der Waals surface area contributed by atoms with Crippen LogP contribution in [-0.2, 0) is 0 Å². The zero-order chi connectivity index (χ0) is 12.0. The molecule has 17 heavy (non-hydrogen) atoms. The highest BCUT2D eigenvalue weighted by atomic mass is 32.2. The summed E-state index contributed by atoms with van der Waals surface area (Å²) in [6.07, 6.45) is 0.956. The van der Waals surface area contributed by atoms with Crippen molar-refractivity contribution in [3.05, 3.63) is 29.3 Å². The van der Waals surface area contributed by atoms with Crippen LogP contribution in [0.1, 0.15) is 30.5 Å². The summed E-state index contributed by atoms with van der Waals surface area (Å²) in [5.74, 6) is 3.86. The molecule has 3 heteroatoms. The SMILES string of the molecule is Cc1ccc2c(c1)[C@@H](N)CC1(CSCC1C)O2. The van der Waals surface area contributed by atoms with Gasteiger partial charge in [-0.05, 0) is 18.7 Å². The van der Waals surface area contributed by atoms with E-state index < -0.39 is 0 Å². The van der Waals surface area contributed by atoms with Gasteiger partial charge in [0.2, 0.25) is 0 Å². The van der Waals surface area contributed by atoms with E-state index in [0.717, 1.165) is 17.9 Å². The molecule has 1 spiro atoms. The summed E-state index contributed by atoms with van der Waals surface area (Å²) in [7, 11) is 0. The number of thioether (sulfide) groups is 1. The molecule has 1 fully saturated rings. The van der Waals surface area contributed by atoms with Crippen molar-refractivity contribution in [2.75, 3.05) is 11.5 Å². The normalized spacial score (nSPS) is 35.7. The molecule has 3 atom stereocenters. The van der Waals surface area contributed by atoms with Crippen molar-refractivity contribution in [1.82, 2.24) is 0 Å². The fourth-order valence-electron chi connectivity index (χ4n) is 2.89. The van der Waals surface area contributed by atoms with Crippen LogP contribution in [0.3, 0.4) is 0 Å². The first-order valence-corrected chi connectivity index (χ1v) is 7.39. The van der Waals surface area contributed by atoms with Crippen LogP contribution >= 0.6 is 11.8 Å². The fourth-order valence-corrected chi connectivity index (χ4v) is 4.47. The summed E-state index contributed by atoms with van der Waals surface area (Å²) in [4.78, 5) is 0. The molecule has 3 rings (SSSR count). The summed E-state index contributed by atoms with van der Waals surface area (Å²) in [5, 5.41) is 0. The van der Waals surface area contributed by atoms with Crippen LogP contribution in [-0.4, -0.2) is 17.1 Å². The Morgan fingerprint density at radius 3 is 3.00 bits per heavy atom. The highest BCUT2D eigenvalue weighted by Gasteiger charge is 2.47. The van der Waals surface area contributed by atoms with Crippen molar-refractivity contribution in [2.24, 2.45) is 11.7 Å². The second-order valence-electron chi connectivity index (χ2n) is 5.43. The molecule has 0 radical (unpaired) electrons. The maximum atomic E-state index is 6.34. The van der Waals surface area contributed by atoms with Crippen molar-refractivity contribution in [3.63, 3.8) is 0 Å². The predicted octanol–water partition coefficient (Wildman–Crippen LogP) is 2.90. The molecule has 2 aliphatic rings. The molecule has 2 nitrogen and oxygen atoms in total. The first-order chi connectivity index (χ1) is 8.11. The molecule has 2 heterocycles. The lowest BCUT2D eigenvalue weighted by atomic mass is 9.81. The Labute approximate surface area is 107 Å². The molecule has 0 aliphatic carbocycles. The Morgan fingerprint density at radius 1 is 1.47 bits per heavy atom. The lowest BCUT2D eigenvalue weighted by Gasteiger charge is -2.41. The van der Waals surface area contributed by atoms with Crippen molar-refractivity contribution in [3.8, 4) is 5.75 Å². The van der Waals surface area contributed by atoms with Crippen molar-refractivity contribution < 1.29 is 4.74 Å². The van der Waals surface area contributed by atoms with Crippen molar-refractivity contribution >= 4 is 11.8 Å². The predicted molar refractivity (Wildman–Crippen MR) is 72.6 cm³/mol. The Hall–Kier alpha value is -0.670. The van der Waals surface area contributed by atoms with Gasteiger partial charge < -0.3 is 10.5 Å². The zero-order valence-electron chi connectivity index (χ0n) is 10.4. The Balaban J connectivity index is 2.01. The highest BCUT2D eigenvalue weighted by Crippen LogP contribution is 2.47. The van der Waals surface area contributed by atoms with E-state index in [2.05, 4.69) is 32.0 Å². The van der Waals surface area contributed by atoms with Gasteiger partial charge in [-0.15, -0.1) is 0 Å². The van der Waals surface area contributed by atoms with Gasteiger partial charge in [0, 0.05) is 29.7 Å². The first kappa shape index (κ1) is 11.4. The quantitative estimate of drug-likeness (QED) is 0.768. The van der Waals surface area contributed by atoms with E-state index in [0.29, 0.717) is 5.92 Å². The number of hydrogen-bond acceptors (Lipinski definition) is 3. The number of ether oxygens (including phenoxy) is 1. The number of rotatable bonds is 0. The standard InChI is InChI=1S/C14H19NOS/c1-9-3-4-13-11(5-9)12(15)6-14(16-13)8-17-7-10(14)2/h3-5,10,12H,6-8,15H2,1-2H3/t10?,12-,14?/m0/s1. The van der Waals surface area contributed by atoms with Gasteiger partial charge in [-0.3, -0.25) is 0 Å². The molecular formula is C14H19NOS. The van der Waals surface area contributed by atoms with Gasteiger partial charge in [0.1, 0.15) is 11.4 Å². The zero-order valence-corrected chi connectivity index (χ0v) is 11.2. The Morgan fingerprint density at radius 2 is 2.29 bits per heavy atom. The maximum Gasteiger partial charge on any atom is 0.124 e. The number of hydrogen-bond donors (Lipinski definition) is 1. The topological polar surface area (TPSA) is 35.2 Å². The van der Waals surface area contributed by atoms with E-state index >= 15 is 0 Å². The Kier molecular flexibility index (Phi) is 2.64. The molecule has 2 N–H and O–H groups in total. The number of benzene rings is 1. The van der Waals surface area contributed by atoms with Gasteiger partial charge in [-0.1, -0.05) is 24.6 Å². The van der Waals surface area contributed by atoms with E-state index in [1.54, 1.807) is 0 Å². The minimum atomic E-state index is -0.0215. The minimum Gasteiger partial charge on any atom is -0.486 e. The average Bonchev–Trinajstić information content (AvgIpc) is 2.62. The first-order valence-electron chi connectivity index (χ1n) is 6.24. The van der Waals surface area contributed by atoms with Crippen molar-refractivity contribution in [2.45, 2.75) is 31.9 Å². The lowest BCUT2D eigenvalue weighted by Crippen LogP contribution is -2.47. The Bertz CT molecular complexity index is 448. The van der Waals surface area contributed by atoms with Gasteiger partial charge in [-0.2, -0.15) is 11.8 Å². The number of nitrogens with two attached hydrogens (primary N) is 1. The summed E-state index contributed by atoms with van der Waals surface area (Å²) in [6, 6.07) is 6.48. The smallest absolute Gasteiger partial charge is 0.124 e. The van der Waals surface area contributed by atoms with Crippen LogP contribution in [0.2, 0.25) is 0 Å². The van der Waals surface area contributed by atoms with E-state index in [4.69, 9.17) is 10.5 Å². The van der Waals surface area contributed by atoms with Gasteiger partial charge in [0.05, 0.1) is 0 Å². The monoisotopic (exact) mass is 249 g/mol. The summed E-state index contributed by atoms with van der Waals surface area (Å²) in [5.41, 5.74) is 8.76. The van der Waals surface area contributed by atoms with Gasteiger partial charge >= 0.3 is 0 Å². The molecule has 0 aromatic heterocycles. The van der Waals surface area contributed by atoms with Crippen LogP contribution in [0.15, 0.2) is 18.2 Å². The van der Waals surface area contributed by atoms with E-state index in [-0.39, 0.29) is 11.6 Å². The lowest BCUT2D eigenvalue weighted by molar-refractivity contribution is 0.0238. The van der Waals surface area contributed by atoms with Crippen molar-refractivity contribution in [1.29, 1.82) is 0 Å². The molecule has 2 unspecified atom stereocenters. The molecule has 0 amide bonds.